The summed E-state index contributed by atoms with van der Waals surface area (Å²) in [5.74, 6) is -3.07. The van der Waals surface area contributed by atoms with Crippen molar-refractivity contribution in [3.8, 4) is 0 Å². The van der Waals surface area contributed by atoms with Crippen molar-refractivity contribution in [2.24, 2.45) is 0 Å². The smallest absolute Gasteiger partial charge is 0.170 e. The van der Waals surface area contributed by atoms with Gasteiger partial charge in [0, 0.05) is 24.0 Å². The second-order valence-corrected chi connectivity index (χ2v) is 4.66. The number of nitrogens with one attached hydrogen (secondary N) is 1. The Bertz CT molecular complexity index is 624. The third-order valence-electron chi connectivity index (χ3n) is 2.91. The molecular weight excluding hydrogens is 253 g/mol. The Morgan fingerprint density at radius 3 is 2.42 bits per heavy atom. The van der Waals surface area contributed by atoms with Gasteiger partial charge in [-0.15, -0.1) is 0 Å². The van der Waals surface area contributed by atoms with E-state index in [1.807, 2.05) is 20.8 Å². The minimum absolute atomic E-state index is 0.0642. The maximum atomic E-state index is 13.9. The predicted molar refractivity (Wildman–Crippen MR) is 69.9 cm³/mol. The molecule has 1 aromatic heterocycles. The molecular formula is C14H15F3N2. The molecule has 0 fully saturated rings. The van der Waals surface area contributed by atoms with Gasteiger partial charge in [0.1, 0.15) is 5.52 Å². The lowest BCUT2D eigenvalue weighted by atomic mass is 10.1. The van der Waals surface area contributed by atoms with Gasteiger partial charge in [-0.1, -0.05) is 13.8 Å². The van der Waals surface area contributed by atoms with Gasteiger partial charge in [0.2, 0.25) is 0 Å². The summed E-state index contributed by atoms with van der Waals surface area (Å²) in [6.07, 6.45) is 0. The van der Waals surface area contributed by atoms with Gasteiger partial charge < -0.3 is 5.32 Å². The van der Waals surface area contributed by atoms with Crippen LogP contribution in [0.1, 0.15) is 32.4 Å². The molecule has 2 aromatic rings. The van der Waals surface area contributed by atoms with E-state index in [4.69, 9.17) is 0 Å². The van der Waals surface area contributed by atoms with Crippen molar-refractivity contribution in [3.63, 3.8) is 0 Å². The van der Waals surface area contributed by atoms with Gasteiger partial charge in [-0.2, -0.15) is 0 Å². The summed E-state index contributed by atoms with van der Waals surface area (Å²) >= 11 is 0. The molecule has 1 aromatic carbocycles. The Morgan fingerprint density at radius 1 is 1.16 bits per heavy atom. The van der Waals surface area contributed by atoms with Crippen LogP contribution in [0.25, 0.3) is 10.9 Å². The standard InChI is InChI=1S/C14H15F3N2/c1-4-18-11-6-10(7(2)3)19-14-9(16)5-8(15)13(17)12(11)14/h5-7H,4H2,1-3H3,(H,18,19). The van der Waals surface area contributed by atoms with Crippen molar-refractivity contribution in [2.75, 3.05) is 11.9 Å². The van der Waals surface area contributed by atoms with Crippen LogP contribution >= 0.6 is 0 Å². The molecule has 1 heterocycles. The van der Waals surface area contributed by atoms with E-state index in [9.17, 15) is 13.2 Å². The van der Waals surface area contributed by atoms with E-state index in [0.717, 1.165) is 0 Å². The average Bonchev–Trinajstić information content (AvgIpc) is 2.35. The molecule has 0 spiro atoms. The molecule has 2 nitrogen and oxygen atoms in total. The normalized spacial score (nSPS) is 11.3. The molecule has 19 heavy (non-hydrogen) atoms. The van der Waals surface area contributed by atoms with Crippen LogP contribution in [0, 0.1) is 17.5 Å². The van der Waals surface area contributed by atoms with Gasteiger partial charge in [-0.3, -0.25) is 0 Å². The van der Waals surface area contributed by atoms with Gasteiger partial charge >= 0.3 is 0 Å². The Kier molecular flexibility index (Phi) is 3.64. The highest BCUT2D eigenvalue weighted by atomic mass is 19.2. The van der Waals surface area contributed by atoms with Crippen molar-refractivity contribution in [1.82, 2.24) is 4.98 Å². The average molecular weight is 268 g/mol. The molecule has 0 atom stereocenters. The first-order valence-electron chi connectivity index (χ1n) is 6.17. The maximum Gasteiger partial charge on any atom is 0.170 e. The first-order valence-corrected chi connectivity index (χ1v) is 6.17. The van der Waals surface area contributed by atoms with E-state index in [1.165, 1.54) is 0 Å². The Hall–Kier alpha value is -1.78. The Labute approximate surface area is 109 Å². The highest BCUT2D eigenvalue weighted by molar-refractivity contribution is 5.92. The molecule has 2 rings (SSSR count). The van der Waals surface area contributed by atoms with Crippen molar-refractivity contribution in [1.29, 1.82) is 0 Å². The number of pyridine rings is 1. The van der Waals surface area contributed by atoms with E-state index in [2.05, 4.69) is 10.3 Å². The molecule has 0 saturated heterocycles. The Morgan fingerprint density at radius 2 is 1.84 bits per heavy atom. The highest BCUT2D eigenvalue weighted by Crippen LogP contribution is 2.31. The zero-order chi connectivity index (χ0) is 14.2. The Balaban J connectivity index is 2.86. The third-order valence-corrected chi connectivity index (χ3v) is 2.91. The number of hydrogen-bond acceptors (Lipinski definition) is 2. The molecule has 1 N–H and O–H groups in total. The van der Waals surface area contributed by atoms with Crippen LogP contribution < -0.4 is 5.32 Å². The molecule has 0 amide bonds. The fourth-order valence-corrected chi connectivity index (χ4v) is 1.95. The zero-order valence-electron chi connectivity index (χ0n) is 11.0. The lowest BCUT2D eigenvalue weighted by Crippen LogP contribution is -2.05. The van der Waals surface area contributed by atoms with E-state index < -0.39 is 17.5 Å². The number of benzene rings is 1. The van der Waals surface area contributed by atoms with E-state index in [0.29, 0.717) is 24.0 Å². The van der Waals surface area contributed by atoms with E-state index >= 15 is 0 Å². The number of rotatable bonds is 3. The monoisotopic (exact) mass is 268 g/mol. The fourth-order valence-electron chi connectivity index (χ4n) is 1.95. The molecule has 0 aliphatic rings. The number of fused-ring (bicyclic) bond motifs is 1. The number of aromatic nitrogens is 1. The number of nitrogens with zero attached hydrogens (tertiary/aromatic N) is 1. The predicted octanol–water partition coefficient (Wildman–Crippen LogP) is 4.21. The minimum Gasteiger partial charge on any atom is -0.385 e. The molecule has 0 saturated carbocycles. The van der Waals surface area contributed by atoms with Crippen LogP contribution in [-0.4, -0.2) is 11.5 Å². The second kappa shape index (κ2) is 5.07. The number of anilines is 1. The summed E-state index contributed by atoms with van der Waals surface area (Å²) in [5.41, 5.74) is 0.863. The van der Waals surface area contributed by atoms with Gasteiger partial charge in [0.25, 0.3) is 0 Å². The first kappa shape index (κ1) is 13.6. The summed E-state index contributed by atoms with van der Waals surface area (Å²) in [7, 11) is 0. The van der Waals surface area contributed by atoms with Gasteiger partial charge in [0.15, 0.2) is 17.5 Å². The molecule has 0 aliphatic carbocycles. The lowest BCUT2D eigenvalue weighted by Gasteiger charge is -2.13. The summed E-state index contributed by atoms with van der Waals surface area (Å²) in [6, 6.07) is 2.17. The van der Waals surface area contributed by atoms with Gasteiger partial charge in [-0.05, 0) is 18.9 Å². The number of hydrogen-bond donors (Lipinski definition) is 1. The summed E-state index contributed by atoms with van der Waals surface area (Å²) in [5, 5.41) is 2.79. The van der Waals surface area contributed by atoms with Crippen LogP contribution in [0.4, 0.5) is 18.9 Å². The fraction of sp³-hybridized carbons (Fsp3) is 0.357. The maximum absolute atomic E-state index is 13.9. The number of halogens is 3. The lowest BCUT2D eigenvalue weighted by molar-refractivity contribution is 0.505. The third kappa shape index (κ3) is 2.37. The highest BCUT2D eigenvalue weighted by Gasteiger charge is 2.18. The van der Waals surface area contributed by atoms with E-state index in [-0.39, 0.29) is 16.8 Å². The van der Waals surface area contributed by atoms with Crippen LogP contribution in [-0.2, 0) is 0 Å². The summed E-state index contributed by atoms with van der Waals surface area (Å²) in [6.45, 7) is 6.16. The second-order valence-electron chi connectivity index (χ2n) is 4.66. The van der Waals surface area contributed by atoms with Crippen molar-refractivity contribution < 1.29 is 13.2 Å². The molecule has 5 heteroatoms. The summed E-state index contributed by atoms with van der Waals surface area (Å²) < 4.78 is 41.0. The molecule has 0 unspecified atom stereocenters. The topological polar surface area (TPSA) is 24.9 Å². The van der Waals surface area contributed by atoms with Gasteiger partial charge in [-0.25, -0.2) is 18.2 Å². The van der Waals surface area contributed by atoms with E-state index in [1.54, 1.807) is 6.07 Å². The first-order chi connectivity index (χ1) is 8.95. The van der Waals surface area contributed by atoms with Crippen LogP contribution in [0.5, 0.6) is 0 Å². The molecule has 102 valence electrons. The SMILES string of the molecule is CCNc1cc(C(C)C)nc2c(F)cc(F)c(F)c12. The van der Waals surface area contributed by atoms with Gasteiger partial charge in [0.05, 0.1) is 5.39 Å². The van der Waals surface area contributed by atoms with Crippen molar-refractivity contribution >= 4 is 16.6 Å². The van der Waals surface area contributed by atoms with Crippen molar-refractivity contribution in [2.45, 2.75) is 26.7 Å². The van der Waals surface area contributed by atoms with Crippen LogP contribution in [0.15, 0.2) is 12.1 Å². The van der Waals surface area contributed by atoms with Crippen LogP contribution in [0.3, 0.4) is 0 Å². The molecule has 0 aliphatic heterocycles. The molecule has 0 radical (unpaired) electrons. The van der Waals surface area contributed by atoms with Crippen LogP contribution in [0.2, 0.25) is 0 Å². The summed E-state index contributed by atoms with van der Waals surface area (Å²) in [4.78, 5) is 4.10. The van der Waals surface area contributed by atoms with Crippen molar-refractivity contribution in [3.05, 3.63) is 35.3 Å². The minimum atomic E-state index is -1.21. The zero-order valence-corrected chi connectivity index (χ0v) is 11.0. The quantitative estimate of drug-likeness (QED) is 0.843. The largest absolute Gasteiger partial charge is 0.385 e. The molecule has 0 bridgehead atoms.